The van der Waals surface area contributed by atoms with Crippen LogP contribution in [0.4, 0.5) is 20.3 Å². The van der Waals surface area contributed by atoms with Gasteiger partial charge in [0.15, 0.2) is 5.82 Å². The zero-order valence-electron chi connectivity index (χ0n) is 16.5. The van der Waals surface area contributed by atoms with E-state index in [0.29, 0.717) is 11.8 Å². The Balaban J connectivity index is 1.42. The van der Waals surface area contributed by atoms with Crippen molar-refractivity contribution in [3.63, 3.8) is 0 Å². The van der Waals surface area contributed by atoms with E-state index in [1.807, 2.05) is 12.1 Å². The van der Waals surface area contributed by atoms with E-state index >= 15 is 0 Å². The highest BCUT2D eigenvalue weighted by atomic mass is 19.1. The lowest BCUT2D eigenvalue weighted by Gasteiger charge is -2.30. The van der Waals surface area contributed by atoms with E-state index in [1.54, 1.807) is 24.3 Å². The highest BCUT2D eigenvalue weighted by molar-refractivity contribution is 6.04. The summed E-state index contributed by atoms with van der Waals surface area (Å²) in [5.41, 5.74) is 1.85. The molecule has 0 radical (unpaired) electrons. The summed E-state index contributed by atoms with van der Waals surface area (Å²) in [6.45, 7) is 4.09. The number of nitrogens with one attached hydrogen (secondary N) is 2. The largest absolute Gasteiger partial charge is 0.344 e. The Labute approximate surface area is 173 Å². The number of benzene rings is 2. The number of hydrogen-bond acceptors (Lipinski definition) is 4. The molecule has 0 saturated carbocycles. The average Bonchev–Trinajstić information content (AvgIpc) is 2.75. The molecule has 4 rings (SSSR count). The fourth-order valence-corrected chi connectivity index (χ4v) is 3.36. The molecule has 0 aliphatic carbocycles. The fourth-order valence-electron chi connectivity index (χ4n) is 3.36. The number of rotatable bonds is 4. The van der Waals surface area contributed by atoms with E-state index < -0.39 is 17.5 Å². The lowest BCUT2D eigenvalue weighted by atomic mass is 10.1. The predicted molar refractivity (Wildman–Crippen MR) is 111 cm³/mol. The van der Waals surface area contributed by atoms with Gasteiger partial charge in [-0.05, 0) is 36.4 Å². The second-order valence-corrected chi connectivity index (χ2v) is 7.38. The van der Waals surface area contributed by atoms with E-state index in [-0.39, 0.29) is 5.56 Å². The summed E-state index contributed by atoms with van der Waals surface area (Å²) >= 11 is 0. The zero-order chi connectivity index (χ0) is 21.1. The minimum absolute atomic E-state index is 0.215. The minimum Gasteiger partial charge on any atom is -0.344 e. The molecule has 6 nitrogen and oxygen atoms in total. The van der Waals surface area contributed by atoms with Crippen LogP contribution in [-0.4, -0.2) is 49.3 Å². The maximum atomic E-state index is 13.8. The van der Waals surface area contributed by atoms with Crippen molar-refractivity contribution < 1.29 is 18.5 Å². The molecule has 2 heterocycles. The van der Waals surface area contributed by atoms with Crippen molar-refractivity contribution in [2.75, 3.05) is 43.4 Å². The van der Waals surface area contributed by atoms with Crippen molar-refractivity contribution in [1.29, 1.82) is 0 Å². The second-order valence-electron chi connectivity index (χ2n) is 7.38. The van der Waals surface area contributed by atoms with E-state index in [4.69, 9.17) is 0 Å². The third-order valence-corrected chi connectivity index (χ3v) is 5.21. The van der Waals surface area contributed by atoms with Gasteiger partial charge in [0, 0.05) is 17.3 Å². The molecule has 1 aliphatic rings. The molecular formula is C22H22F2N5O+. The lowest BCUT2D eigenvalue weighted by Crippen LogP contribution is -3.12. The van der Waals surface area contributed by atoms with Crippen LogP contribution in [0.3, 0.4) is 0 Å². The van der Waals surface area contributed by atoms with Gasteiger partial charge in [0.25, 0.3) is 5.91 Å². The second kappa shape index (κ2) is 8.54. The van der Waals surface area contributed by atoms with Crippen molar-refractivity contribution in [2.45, 2.75) is 0 Å². The number of carbonyl (C=O) groups is 1. The van der Waals surface area contributed by atoms with Crippen LogP contribution in [0.1, 0.15) is 10.4 Å². The van der Waals surface area contributed by atoms with Crippen LogP contribution in [0.5, 0.6) is 0 Å². The Bertz CT molecular complexity index is 1030. The Morgan fingerprint density at radius 1 is 1.00 bits per heavy atom. The van der Waals surface area contributed by atoms with Gasteiger partial charge in [-0.15, -0.1) is 10.2 Å². The molecule has 0 spiro atoms. The van der Waals surface area contributed by atoms with Crippen LogP contribution < -0.4 is 15.1 Å². The van der Waals surface area contributed by atoms with Crippen LogP contribution in [0.25, 0.3) is 11.3 Å². The minimum atomic E-state index is -0.902. The van der Waals surface area contributed by atoms with E-state index in [2.05, 4.69) is 27.5 Å². The quantitative estimate of drug-likeness (QED) is 0.691. The van der Waals surface area contributed by atoms with Crippen molar-refractivity contribution in [3.8, 4) is 11.3 Å². The molecule has 154 valence electrons. The fraction of sp³-hybridized carbons (Fsp3) is 0.227. The monoisotopic (exact) mass is 410 g/mol. The van der Waals surface area contributed by atoms with Crippen LogP contribution in [0, 0.1) is 11.6 Å². The Hall–Kier alpha value is -3.39. The summed E-state index contributed by atoms with van der Waals surface area (Å²) in [6.07, 6.45) is 0. The highest BCUT2D eigenvalue weighted by Gasteiger charge is 2.18. The summed E-state index contributed by atoms with van der Waals surface area (Å²) in [7, 11) is 2.19. The number of amides is 1. The number of carbonyl (C=O) groups excluding carboxylic acids is 1. The van der Waals surface area contributed by atoms with Gasteiger partial charge in [0.05, 0.1) is 44.5 Å². The molecule has 0 bridgehead atoms. The third kappa shape index (κ3) is 4.44. The van der Waals surface area contributed by atoms with Crippen molar-refractivity contribution in [3.05, 3.63) is 71.8 Å². The summed E-state index contributed by atoms with van der Waals surface area (Å²) < 4.78 is 26.8. The smallest absolute Gasteiger partial charge is 0.258 e. The predicted octanol–water partition coefficient (Wildman–Crippen LogP) is 2.01. The number of piperazine rings is 1. The van der Waals surface area contributed by atoms with Crippen LogP contribution >= 0.6 is 0 Å². The topological polar surface area (TPSA) is 62.6 Å². The van der Waals surface area contributed by atoms with Gasteiger partial charge >= 0.3 is 0 Å². The van der Waals surface area contributed by atoms with Crippen molar-refractivity contribution in [1.82, 2.24) is 10.2 Å². The van der Waals surface area contributed by atoms with Gasteiger partial charge in [0.1, 0.15) is 11.6 Å². The third-order valence-electron chi connectivity index (χ3n) is 5.21. The van der Waals surface area contributed by atoms with Gasteiger partial charge in [-0.3, -0.25) is 4.79 Å². The first-order chi connectivity index (χ1) is 14.5. The lowest BCUT2D eigenvalue weighted by molar-refractivity contribution is -0.880. The molecule has 3 aromatic rings. The average molecular weight is 410 g/mol. The number of anilines is 2. The molecule has 2 N–H and O–H groups in total. The molecule has 1 aliphatic heterocycles. The number of nitrogens with zero attached hydrogens (tertiary/aromatic N) is 3. The van der Waals surface area contributed by atoms with Crippen molar-refractivity contribution in [2.24, 2.45) is 0 Å². The Morgan fingerprint density at radius 3 is 2.37 bits per heavy atom. The highest BCUT2D eigenvalue weighted by Crippen LogP contribution is 2.21. The SMILES string of the molecule is C[NH+]1CCN(c2ccc(-c3ccc(NC(=O)c4ccc(F)cc4F)cc3)nn2)CC1. The van der Waals surface area contributed by atoms with Gasteiger partial charge in [-0.1, -0.05) is 12.1 Å². The molecule has 1 aromatic heterocycles. The van der Waals surface area contributed by atoms with E-state index in [9.17, 15) is 13.6 Å². The molecule has 2 aromatic carbocycles. The molecule has 1 amide bonds. The first kappa shape index (κ1) is 19.9. The number of aromatic nitrogens is 2. The molecule has 1 fully saturated rings. The normalized spacial score (nSPS) is 14.6. The van der Waals surface area contributed by atoms with Gasteiger partial charge < -0.3 is 15.1 Å². The van der Waals surface area contributed by atoms with Gasteiger partial charge in [-0.25, -0.2) is 8.78 Å². The maximum Gasteiger partial charge on any atom is 0.258 e. The Kier molecular flexibility index (Phi) is 5.67. The summed E-state index contributed by atoms with van der Waals surface area (Å²) in [5, 5.41) is 11.3. The number of halogens is 2. The molecular weight excluding hydrogens is 388 g/mol. The van der Waals surface area contributed by atoms with Crippen molar-refractivity contribution >= 4 is 17.4 Å². The zero-order valence-corrected chi connectivity index (χ0v) is 16.5. The first-order valence-corrected chi connectivity index (χ1v) is 9.76. The molecule has 8 heteroatoms. The van der Waals surface area contributed by atoms with E-state index in [1.165, 1.54) is 4.90 Å². The molecule has 1 saturated heterocycles. The molecule has 0 atom stereocenters. The summed E-state index contributed by atoms with van der Waals surface area (Å²) in [6, 6.07) is 13.8. The number of quaternary nitrogens is 1. The van der Waals surface area contributed by atoms with E-state index in [0.717, 1.165) is 55.4 Å². The Morgan fingerprint density at radius 2 is 1.73 bits per heavy atom. The summed E-state index contributed by atoms with van der Waals surface area (Å²) in [5.74, 6) is -1.40. The number of likely N-dealkylation sites (N-methyl/N-ethyl adjacent to an activating group) is 1. The van der Waals surface area contributed by atoms with Crippen LogP contribution in [-0.2, 0) is 0 Å². The molecule has 0 unspecified atom stereocenters. The van der Waals surface area contributed by atoms with Gasteiger partial charge in [-0.2, -0.15) is 0 Å². The van der Waals surface area contributed by atoms with Crippen LogP contribution in [0.2, 0.25) is 0 Å². The molecule has 30 heavy (non-hydrogen) atoms. The first-order valence-electron chi connectivity index (χ1n) is 9.76. The number of hydrogen-bond donors (Lipinski definition) is 2. The summed E-state index contributed by atoms with van der Waals surface area (Å²) in [4.78, 5) is 16.0. The van der Waals surface area contributed by atoms with Crippen LogP contribution in [0.15, 0.2) is 54.6 Å². The van der Waals surface area contributed by atoms with Gasteiger partial charge in [0.2, 0.25) is 0 Å². The maximum absolute atomic E-state index is 13.8. The standard InChI is InChI=1S/C22H21F2N5O/c1-28-10-12-29(13-11-28)21-9-8-20(26-27-21)15-2-5-17(6-3-15)25-22(30)18-7-4-16(23)14-19(18)24/h2-9,14H,10-13H2,1H3,(H,25,30)/p+1.